The van der Waals surface area contributed by atoms with E-state index in [1.165, 1.54) is 5.56 Å². The van der Waals surface area contributed by atoms with Gasteiger partial charge in [0.05, 0.1) is 32.7 Å². The van der Waals surface area contributed by atoms with Crippen LogP contribution in [0.4, 0.5) is 10.5 Å². The van der Waals surface area contributed by atoms with Gasteiger partial charge in [0.15, 0.2) is 0 Å². The van der Waals surface area contributed by atoms with Crippen LogP contribution in [0.5, 0.6) is 0 Å². The van der Waals surface area contributed by atoms with Crippen LogP contribution in [0, 0.1) is 0 Å². The third kappa shape index (κ3) is 4.73. The first-order valence-corrected chi connectivity index (χ1v) is 8.77. The molecule has 1 fully saturated rings. The van der Waals surface area contributed by atoms with E-state index in [4.69, 9.17) is 11.6 Å². The van der Waals surface area contributed by atoms with Crippen LogP contribution in [-0.2, 0) is 6.42 Å². The maximum Gasteiger partial charge on any atom is 0.322 e. The number of hydrogen-bond acceptors (Lipinski definition) is 1. The third-order valence-corrected chi connectivity index (χ3v) is 4.72. The second-order valence-corrected chi connectivity index (χ2v) is 6.60. The van der Waals surface area contributed by atoms with Gasteiger partial charge in [0.1, 0.15) is 0 Å². The van der Waals surface area contributed by atoms with Crippen LogP contribution >= 0.6 is 11.6 Å². The summed E-state index contributed by atoms with van der Waals surface area (Å²) in [6.07, 6.45) is 1.09. The molecule has 0 radical (unpaired) electrons. The van der Waals surface area contributed by atoms with Gasteiger partial charge in [-0.3, -0.25) is 0 Å². The lowest BCUT2D eigenvalue weighted by Crippen LogP contribution is -3.15. The standard InChI is InChI=1S/C19H22ClN3O/c20-17-6-8-18(9-7-17)21-19(24)23-14-12-22(13-15-23)11-10-16-4-2-1-3-5-16/h1-9H,10-15H2,(H,21,24)/p+1. The summed E-state index contributed by atoms with van der Waals surface area (Å²) in [7, 11) is 0. The highest BCUT2D eigenvalue weighted by atomic mass is 35.5. The molecule has 0 unspecified atom stereocenters. The molecule has 1 aliphatic heterocycles. The average Bonchev–Trinajstić information content (AvgIpc) is 2.63. The van der Waals surface area contributed by atoms with Gasteiger partial charge in [-0.1, -0.05) is 41.9 Å². The van der Waals surface area contributed by atoms with Crippen molar-refractivity contribution in [2.45, 2.75) is 6.42 Å². The number of carbonyl (C=O) groups excluding carboxylic acids is 1. The van der Waals surface area contributed by atoms with Crippen molar-refractivity contribution in [3.05, 3.63) is 65.2 Å². The van der Waals surface area contributed by atoms with Gasteiger partial charge in [-0.25, -0.2) is 4.79 Å². The van der Waals surface area contributed by atoms with Gasteiger partial charge in [0.2, 0.25) is 0 Å². The molecule has 1 saturated heterocycles. The fourth-order valence-corrected chi connectivity index (χ4v) is 3.10. The van der Waals surface area contributed by atoms with Crippen molar-refractivity contribution in [3.63, 3.8) is 0 Å². The highest BCUT2D eigenvalue weighted by Crippen LogP contribution is 2.13. The number of halogens is 1. The van der Waals surface area contributed by atoms with Crippen molar-refractivity contribution in [2.75, 3.05) is 38.0 Å². The van der Waals surface area contributed by atoms with Crippen molar-refractivity contribution in [1.29, 1.82) is 0 Å². The summed E-state index contributed by atoms with van der Waals surface area (Å²) < 4.78 is 0. The molecule has 1 aliphatic rings. The highest BCUT2D eigenvalue weighted by Gasteiger charge is 2.23. The number of nitrogens with one attached hydrogen (secondary N) is 2. The Bertz CT molecular complexity index is 652. The predicted octanol–water partition coefficient (Wildman–Crippen LogP) is 2.32. The van der Waals surface area contributed by atoms with Crippen molar-refractivity contribution >= 4 is 23.3 Å². The van der Waals surface area contributed by atoms with Crippen LogP contribution < -0.4 is 10.2 Å². The Labute approximate surface area is 148 Å². The number of anilines is 1. The van der Waals surface area contributed by atoms with Crippen LogP contribution in [-0.4, -0.2) is 43.7 Å². The van der Waals surface area contributed by atoms with E-state index >= 15 is 0 Å². The average molecular weight is 345 g/mol. The molecule has 126 valence electrons. The molecule has 2 N–H and O–H groups in total. The number of urea groups is 1. The number of piperazine rings is 1. The van der Waals surface area contributed by atoms with E-state index in [1.54, 1.807) is 17.0 Å². The van der Waals surface area contributed by atoms with E-state index in [0.717, 1.165) is 44.8 Å². The van der Waals surface area contributed by atoms with Gasteiger partial charge in [0, 0.05) is 17.1 Å². The molecule has 3 rings (SSSR count). The zero-order chi connectivity index (χ0) is 16.8. The van der Waals surface area contributed by atoms with E-state index in [1.807, 2.05) is 17.0 Å². The smallest absolute Gasteiger partial charge is 0.322 e. The largest absolute Gasteiger partial charge is 0.332 e. The van der Waals surface area contributed by atoms with Crippen LogP contribution in [0.3, 0.4) is 0 Å². The lowest BCUT2D eigenvalue weighted by Gasteiger charge is -2.32. The van der Waals surface area contributed by atoms with Gasteiger partial charge >= 0.3 is 6.03 Å². The minimum Gasteiger partial charge on any atom is -0.332 e. The van der Waals surface area contributed by atoms with E-state index in [9.17, 15) is 4.79 Å². The van der Waals surface area contributed by atoms with Crippen molar-refractivity contribution in [2.24, 2.45) is 0 Å². The van der Waals surface area contributed by atoms with E-state index in [2.05, 4.69) is 35.6 Å². The Morgan fingerprint density at radius 2 is 1.71 bits per heavy atom. The highest BCUT2D eigenvalue weighted by molar-refractivity contribution is 6.30. The minimum absolute atomic E-state index is 0.0283. The SMILES string of the molecule is O=C(Nc1ccc(Cl)cc1)N1CC[NH+](CCc2ccccc2)CC1. The number of carbonyl (C=O) groups is 1. The van der Waals surface area contributed by atoms with E-state index in [0.29, 0.717) is 5.02 Å². The first-order chi connectivity index (χ1) is 11.7. The zero-order valence-electron chi connectivity index (χ0n) is 13.7. The molecule has 1 heterocycles. The first-order valence-electron chi connectivity index (χ1n) is 8.40. The molecule has 0 aromatic heterocycles. The van der Waals surface area contributed by atoms with Crippen LogP contribution in [0.25, 0.3) is 0 Å². The molecule has 0 saturated carbocycles. The predicted molar refractivity (Wildman–Crippen MR) is 97.8 cm³/mol. The number of nitrogens with zero attached hydrogens (tertiary/aromatic N) is 1. The zero-order valence-corrected chi connectivity index (χ0v) is 14.4. The molecule has 4 nitrogen and oxygen atoms in total. The molecular formula is C19H23ClN3O+. The summed E-state index contributed by atoms with van der Waals surface area (Å²) in [6.45, 7) is 4.71. The Morgan fingerprint density at radius 3 is 2.38 bits per heavy atom. The Kier molecular flexibility index (Phi) is 5.72. The lowest BCUT2D eigenvalue weighted by atomic mass is 10.1. The lowest BCUT2D eigenvalue weighted by molar-refractivity contribution is -0.903. The van der Waals surface area contributed by atoms with Crippen molar-refractivity contribution < 1.29 is 9.69 Å². The molecule has 0 atom stereocenters. The summed E-state index contributed by atoms with van der Waals surface area (Å²) in [5.74, 6) is 0. The van der Waals surface area contributed by atoms with Crippen LogP contribution in [0.1, 0.15) is 5.56 Å². The maximum atomic E-state index is 12.3. The summed E-state index contributed by atoms with van der Waals surface area (Å²) in [5, 5.41) is 3.60. The van der Waals surface area contributed by atoms with Crippen LogP contribution in [0.2, 0.25) is 5.02 Å². The summed E-state index contributed by atoms with van der Waals surface area (Å²) in [5.41, 5.74) is 2.16. The first kappa shape index (κ1) is 16.8. The van der Waals surface area contributed by atoms with Gasteiger partial charge in [-0.2, -0.15) is 0 Å². The van der Waals surface area contributed by atoms with Gasteiger partial charge in [0.25, 0.3) is 0 Å². The molecule has 2 aromatic carbocycles. The maximum absolute atomic E-state index is 12.3. The summed E-state index contributed by atoms with van der Waals surface area (Å²) in [6, 6.07) is 17.8. The number of amides is 2. The van der Waals surface area contributed by atoms with E-state index in [-0.39, 0.29) is 6.03 Å². The normalized spacial score (nSPS) is 15.3. The number of rotatable bonds is 4. The summed E-state index contributed by atoms with van der Waals surface area (Å²) in [4.78, 5) is 15.8. The molecule has 5 heteroatoms. The second kappa shape index (κ2) is 8.18. The molecule has 24 heavy (non-hydrogen) atoms. The monoisotopic (exact) mass is 344 g/mol. The number of benzene rings is 2. The fourth-order valence-electron chi connectivity index (χ4n) is 2.98. The van der Waals surface area contributed by atoms with Gasteiger partial charge in [-0.15, -0.1) is 0 Å². The van der Waals surface area contributed by atoms with Crippen molar-refractivity contribution in [1.82, 2.24) is 4.90 Å². The topological polar surface area (TPSA) is 36.8 Å². The van der Waals surface area contributed by atoms with E-state index < -0.39 is 0 Å². The molecule has 0 aliphatic carbocycles. The van der Waals surface area contributed by atoms with Gasteiger partial charge < -0.3 is 15.1 Å². The molecular weight excluding hydrogens is 322 g/mol. The number of hydrogen-bond donors (Lipinski definition) is 2. The third-order valence-electron chi connectivity index (χ3n) is 4.46. The van der Waals surface area contributed by atoms with Gasteiger partial charge in [-0.05, 0) is 29.8 Å². The Morgan fingerprint density at radius 1 is 1.04 bits per heavy atom. The second-order valence-electron chi connectivity index (χ2n) is 6.16. The summed E-state index contributed by atoms with van der Waals surface area (Å²) >= 11 is 5.86. The fraction of sp³-hybridized carbons (Fsp3) is 0.316. The number of quaternary nitrogens is 1. The molecule has 2 amide bonds. The quantitative estimate of drug-likeness (QED) is 0.877. The Balaban J connectivity index is 1.42. The van der Waals surface area contributed by atoms with Crippen molar-refractivity contribution in [3.8, 4) is 0 Å². The Hall–Kier alpha value is -2.04. The molecule has 2 aromatic rings. The minimum atomic E-state index is -0.0283. The van der Waals surface area contributed by atoms with Crippen LogP contribution in [0.15, 0.2) is 54.6 Å². The molecule has 0 bridgehead atoms. The molecule has 0 spiro atoms.